The maximum absolute atomic E-state index is 10.7. The molecular formula is C23H26O6. The molecule has 2 unspecified atom stereocenters. The summed E-state index contributed by atoms with van der Waals surface area (Å²) >= 11 is 0. The molecule has 2 aliphatic heterocycles. The quantitative estimate of drug-likeness (QED) is 0.768. The number of ether oxygens (including phenoxy) is 3. The number of aliphatic hydroxyl groups excluding tert-OH is 1. The van der Waals surface area contributed by atoms with Crippen molar-refractivity contribution in [2.75, 3.05) is 0 Å². The van der Waals surface area contributed by atoms with Gasteiger partial charge in [-0.2, -0.15) is 0 Å². The molecule has 0 bridgehead atoms. The van der Waals surface area contributed by atoms with Crippen LogP contribution in [0.4, 0.5) is 0 Å². The highest BCUT2D eigenvalue weighted by molar-refractivity contribution is 5.74. The lowest BCUT2D eigenvalue weighted by molar-refractivity contribution is -0.140. The second-order valence-electron chi connectivity index (χ2n) is 7.96. The first-order valence-electron chi connectivity index (χ1n) is 10.1. The van der Waals surface area contributed by atoms with Crippen LogP contribution in [0.15, 0.2) is 53.6 Å². The molecule has 0 amide bonds. The van der Waals surface area contributed by atoms with E-state index in [2.05, 4.69) is 0 Å². The Morgan fingerprint density at radius 2 is 1.55 bits per heavy atom. The van der Waals surface area contributed by atoms with Crippen LogP contribution in [0.25, 0.3) is 0 Å². The number of fused-ring (bicyclic) bond motifs is 2. The minimum atomic E-state index is -0.616. The third-order valence-electron chi connectivity index (χ3n) is 5.86. The molecule has 2 fully saturated rings. The number of carbonyl (C=O) groups excluding carboxylic acids is 2. The average molecular weight is 398 g/mol. The molecule has 1 N–H and O–H groups in total. The smallest absolute Gasteiger partial charge is 0.159 e. The molecule has 0 saturated carbocycles. The Bertz CT molecular complexity index is 786. The van der Waals surface area contributed by atoms with Crippen molar-refractivity contribution in [3.63, 3.8) is 0 Å². The van der Waals surface area contributed by atoms with E-state index in [9.17, 15) is 9.59 Å². The minimum absolute atomic E-state index is 0.0604. The Hall–Kier alpha value is -2.12. The lowest BCUT2D eigenvalue weighted by Crippen LogP contribution is -2.14. The number of hydrogen-bond donors (Lipinski definition) is 1. The predicted molar refractivity (Wildman–Crippen MR) is 105 cm³/mol. The van der Waals surface area contributed by atoms with Crippen molar-refractivity contribution < 1.29 is 28.9 Å². The predicted octanol–water partition coefficient (Wildman–Crippen LogP) is 2.70. The average Bonchev–Trinajstić information content (AvgIpc) is 3.46. The summed E-state index contributed by atoms with van der Waals surface area (Å²) in [6, 6.07) is 10.1. The van der Waals surface area contributed by atoms with Crippen LogP contribution in [0.5, 0.6) is 0 Å². The van der Waals surface area contributed by atoms with E-state index in [0.29, 0.717) is 25.4 Å². The van der Waals surface area contributed by atoms with Gasteiger partial charge >= 0.3 is 0 Å². The van der Waals surface area contributed by atoms with Crippen LogP contribution in [0.2, 0.25) is 0 Å². The topological polar surface area (TPSA) is 82.1 Å². The van der Waals surface area contributed by atoms with Gasteiger partial charge < -0.3 is 19.3 Å². The van der Waals surface area contributed by atoms with Gasteiger partial charge in [-0.05, 0) is 16.7 Å². The standard InChI is InChI=1S/C15H16O3.C8H10O3/c16-9-12-6-13-8-15(18-14(13)7-12)17-10-11-4-2-1-3-5-11;9-4-5-1-6-3-8(10)11-7(6)2-5/h1-6,9,13-15H,7-8,10H2;1,4,6-8,10H,2-3H2/t13-,14-,15?;6-,7-,8?/m00/s1. The molecule has 2 aliphatic carbocycles. The first kappa shape index (κ1) is 20.2. The molecule has 2 saturated heterocycles. The fourth-order valence-corrected chi connectivity index (χ4v) is 4.41. The highest BCUT2D eigenvalue weighted by Gasteiger charge is 2.39. The highest BCUT2D eigenvalue weighted by Crippen LogP contribution is 2.38. The van der Waals surface area contributed by atoms with Crippen molar-refractivity contribution in [1.82, 2.24) is 0 Å². The number of hydrogen-bond acceptors (Lipinski definition) is 6. The molecule has 29 heavy (non-hydrogen) atoms. The maximum Gasteiger partial charge on any atom is 0.159 e. The maximum atomic E-state index is 10.7. The molecule has 1 aromatic rings. The van der Waals surface area contributed by atoms with Gasteiger partial charge in [-0.15, -0.1) is 0 Å². The normalized spacial score (nSPS) is 34.5. The molecule has 154 valence electrons. The van der Waals surface area contributed by atoms with Crippen LogP contribution >= 0.6 is 0 Å². The van der Waals surface area contributed by atoms with Gasteiger partial charge in [-0.25, -0.2) is 0 Å². The summed E-state index contributed by atoms with van der Waals surface area (Å²) in [7, 11) is 0. The second-order valence-corrected chi connectivity index (χ2v) is 7.96. The van der Waals surface area contributed by atoms with E-state index in [0.717, 1.165) is 42.1 Å². The minimum Gasteiger partial charge on any atom is -0.368 e. The third-order valence-corrected chi connectivity index (χ3v) is 5.86. The van der Waals surface area contributed by atoms with Crippen LogP contribution in [-0.4, -0.2) is 42.5 Å². The van der Waals surface area contributed by atoms with Crippen LogP contribution in [0.3, 0.4) is 0 Å². The summed E-state index contributed by atoms with van der Waals surface area (Å²) in [6.45, 7) is 0.579. The molecule has 6 atom stereocenters. The van der Waals surface area contributed by atoms with E-state index >= 15 is 0 Å². The van der Waals surface area contributed by atoms with Crippen LogP contribution in [-0.2, 0) is 30.4 Å². The molecule has 1 aromatic carbocycles. The van der Waals surface area contributed by atoms with E-state index in [1.807, 2.05) is 42.5 Å². The zero-order valence-electron chi connectivity index (χ0n) is 16.2. The second kappa shape index (κ2) is 9.13. The van der Waals surface area contributed by atoms with Crippen molar-refractivity contribution in [3.05, 3.63) is 59.2 Å². The Balaban J connectivity index is 0.000000159. The van der Waals surface area contributed by atoms with E-state index < -0.39 is 6.29 Å². The molecule has 6 nitrogen and oxygen atoms in total. The first-order chi connectivity index (χ1) is 14.1. The zero-order valence-corrected chi connectivity index (χ0v) is 16.2. The first-order valence-corrected chi connectivity index (χ1v) is 10.1. The zero-order chi connectivity index (χ0) is 20.2. The summed E-state index contributed by atoms with van der Waals surface area (Å²) in [5.74, 6) is 0.621. The molecule has 0 spiro atoms. The Morgan fingerprint density at radius 3 is 2.14 bits per heavy atom. The number of benzene rings is 1. The van der Waals surface area contributed by atoms with Gasteiger partial charge in [0.15, 0.2) is 12.6 Å². The fraction of sp³-hybridized carbons (Fsp3) is 0.478. The highest BCUT2D eigenvalue weighted by atomic mass is 16.7. The van der Waals surface area contributed by atoms with Crippen LogP contribution < -0.4 is 0 Å². The third kappa shape index (κ3) is 4.90. The number of rotatable bonds is 5. The Kier molecular flexibility index (Phi) is 6.35. The van der Waals surface area contributed by atoms with Crippen molar-refractivity contribution >= 4 is 12.6 Å². The molecule has 4 aliphatic rings. The van der Waals surface area contributed by atoms with Gasteiger partial charge in [0, 0.05) is 37.5 Å². The molecular weight excluding hydrogens is 372 g/mol. The van der Waals surface area contributed by atoms with Crippen molar-refractivity contribution in [2.24, 2.45) is 11.8 Å². The van der Waals surface area contributed by atoms with Gasteiger partial charge in [0.2, 0.25) is 0 Å². The monoisotopic (exact) mass is 398 g/mol. The van der Waals surface area contributed by atoms with Crippen LogP contribution in [0.1, 0.15) is 31.2 Å². The van der Waals surface area contributed by atoms with E-state index in [1.165, 1.54) is 0 Å². The molecule has 2 heterocycles. The lowest BCUT2D eigenvalue weighted by Gasteiger charge is -2.13. The largest absolute Gasteiger partial charge is 0.368 e. The Labute approximate surface area is 170 Å². The van der Waals surface area contributed by atoms with E-state index in [1.54, 1.807) is 0 Å². The summed E-state index contributed by atoms with van der Waals surface area (Å²) < 4.78 is 16.7. The SMILES string of the molecule is O=CC1=C[C@H]2CC(O)O[C@H]2C1.O=CC1=C[C@H]2CC(OCc3ccccc3)O[C@H]2C1. The molecule has 5 rings (SSSR count). The van der Waals surface area contributed by atoms with E-state index in [-0.39, 0.29) is 24.4 Å². The van der Waals surface area contributed by atoms with E-state index in [4.69, 9.17) is 19.3 Å². The van der Waals surface area contributed by atoms with Gasteiger partial charge in [0.1, 0.15) is 12.6 Å². The summed E-state index contributed by atoms with van der Waals surface area (Å²) in [5, 5.41) is 9.05. The van der Waals surface area contributed by atoms with Crippen molar-refractivity contribution in [3.8, 4) is 0 Å². The van der Waals surface area contributed by atoms with Gasteiger partial charge in [-0.1, -0.05) is 42.5 Å². The van der Waals surface area contributed by atoms with Crippen molar-refractivity contribution in [1.29, 1.82) is 0 Å². The van der Waals surface area contributed by atoms with Crippen LogP contribution in [0, 0.1) is 11.8 Å². The summed E-state index contributed by atoms with van der Waals surface area (Å²) in [4.78, 5) is 21.0. The molecule has 0 radical (unpaired) electrons. The molecule has 6 heteroatoms. The lowest BCUT2D eigenvalue weighted by atomic mass is 10.1. The number of aldehydes is 2. The van der Waals surface area contributed by atoms with Crippen molar-refractivity contribution in [2.45, 2.75) is 57.1 Å². The fourth-order valence-electron chi connectivity index (χ4n) is 4.41. The number of aliphatic hydroxyl groups is 1. The van der Waals surface area contributed by atoms with Gasteiger partial charge in [0.25, 0.3) is 0 Å². The summed E-state index contributed by atoms with van der Waals surface area (Å²) in [6.07, 6.45) is 8.10. The number of carbonyl (C=O) groups is 2. The van der Waals surface area contributed by atoms with Gasteiger partial charge in [0.05, 0.1) is 18.8 Å². The molecule has 0 aromatic heterocycles. The summed E-state index contributed by atoms with van der Waals surface area (Å²) in [5.41, 5.74) is 2.83. The van der Waals surface area contributed by atoms with Gasteiger partial charge in [-0.3, -0.25) is 9.59 Å². The Morgan fingerprint density at radius 1 is 0.931 bits per heavy atom.